The van der Waals surface area contributed by atoms with Crippen molar-refractivity contribution >= 4 is 5.96 Å². The smallest absolute Gasteiger partial charge is 0.191 e. The van der Waals surface area contributed by atoms with Crippen molar-refractivity contribution in [2.45, 2.75) is 58.8 Å². The molecule has 2 aliphatic rings. The van der Waals surface area contributed by atoms with Crippen molar-refractivity contribution in [3.63, 3.8) is 0 Å². The SMILES string of the molecule is CCNC(=NCC1CCCC(C)C1)NCCCOCC1CCOCC1. The van der Waals surface area contributed by atoms with E-state index in [4.69, 9.17) is 14.5 Å². The van der Waals surface area contributed by atoms with Crippen LogP contribution in [0.15, 0.2) is 4.99 Å². The van der Waals surface area contributed by atoms with Gasteiger partial charge in [-0.3, -0.25) is 4.99 Å². The Bertz CT molecular complexity index is 370. The lowest BCUT2D eigenvalue weighted by molar-refractivity contribution is 0.0203. The van der Waals surface area contributed by atoms with Gasteiger partial charge in [0, 0.05) is 46.1 Å². The molecule has 146 valence electrons. The van der Waals surface area contributed by atoms with Crippen LogP contribution in [-0.4, -0.2) is 52.0 Å². The first kappa shape index (κ1) is 20.5. The molecule has 0 amide bonds. The predicted molar refractivity (Wildman–Crippen MR) is 104 cm³/mol. The maximum Gasteiger partial charge on any atom is 0.191 e. The van der Waals surface area contributed by atoms with Gasteiger partial charge in [0.25, 0.3) is 0 Å². The maximum absolute atomic E-state index is 5.83. The van der Waals surface area contributed by atoms with E-state index in [0.717, 1.165) is 83.1 Å². The molecule has 0 aromatic heterocycles. The Hall–Kier alpha value is -0.810. The van der Waals surface area contributed by atoms with Gasteiger partial charge in [-0.25, -0.2) is 0 Å². The van der Waals surface area contributed by atoms with E-state index in [-0.39, 0.29) is 0 Å². The van der Waals surface area contributed by atoms with Crippen molar-refractivity contribution in [2.75, 3.05) is 46.1 Å². The van der Waals surface area contributed by atoms with Crippen molar-refractivity contribution in [1.29, 1.82) is 0 Å². The van der Waals surface area contributed by atoms with Crippen LogP contribution >= 0.6 is 0 Å². The standard InChI is InChI=1S/C20H39N3O2/c1-3-21-20(23-15-19-7-4-6-17(2)14-19)22-10-5-11-25-16-18-8-12-24-13-9-18/h17-19H,3-16H2,1-2H3,(H2,21,22,23). The predicted octanol–water partition coefficient (Wildman–Crippen LogP) is 3.20. The van der Waals surface area contributed by atoms with Gasteiger partial charge in [0.1, 0.15) is 0 Å². The molecule has 1 saturated carbocycles. The van der Waals surface area contributed by atoms with Gasteiger partial charge >= 0.3 is 0 Å². The Balaban J connectivity index is 1.56. The first-order valence-electron chi connectivity index (χ1n) is 10.5. The highest BCUT2D eigenvalue weighted by atomic mass is 16.5. The highest BCUT2D eigenvalue weighted by Gasteiger charge is 2.18. The van der Waals surface area contributed by atoms with Crippen molar-refractivity contribution in [2.24, 2.45) is 22.7 Å². The Kier molecular flexibility index (Phi) is 10.3. The van der Waals surface area contributed by atoms with Gasteiger partial charge in [0.05, 0.1) is 0 Å². The highest BCUT2D eigenvalue weighted by molar-refractivity contribution is 5.79. The summed E-state index contributed by atoms with van der Waals surface area (Å²) in [7, 11) is 0. The number of nitrogens with one attached hydrogen (secondary N) is 2. The minimum atomic E-state index is 0.693. The largest absolute Gasteiger partial charge is 0.381 e. The second-order valence-electron chi connectivity index (χ2n) is 7.77. The molecule has 5 nitrogen and oxygen atoms in total. The van der Waals surface area contributed by atoms with E-state index in [1.807, 2.05) is 0 Å². The molecule has 1 saturated heterocycles. The van der Waals surface area contributed by atoms with E-state index in [9.17, 15) is 0 Å². The van der Waals surface area contributed by atoms with Crippen molar-refractivity contribution in [3.8, 4) is 0 Å². The normalized spacial score (nSPS) is 25.8. The molecule has 1 heterocycles. The summed E-state index contributed by atoms with van der Waals surface area (Å²) < 4.78 is 11.2. The molecule has 2 N–H and O–H groups in total. The Morgan fingerprint density at radius 2 is 1.96 bits per heavy atom. The van der Waals surface area contributed by atoms with Gasteiger partial charge in [-0.05, 0) is 56.8 Å². The lowest BCUT2D eigenvalue weighted by atomic mass is 9.82. The van der Waals surface area contributed by atoms with Crippen LogP contribution in [0.25, 0.3) is 0 Å². The van der Waals surface area contributed by atoms with Crippen molar-refractivity contribution in [3.05, 3.63) is 0 Å². The minimum Gasteiger partial charge on any atom is -0.381 e. The van der Waals surface area contributed by atoms with Crippen LogP contribution < -0.4 is 10.6 Å². The summed E-state index contributed by atoms with van der Waals surface area (Å²) in [4.78, 5) is 4.80. The molecule has 2 atom stereocenters. The second kappa shape index (κ2) is 12.5. The minimum absolute atomic E-state index is 0.693. The summed E-state index contributed by atoms with van der Waals surface area (Å²) >= 11 is 0. The van der Waals surface area contributed by atoms with Gasteiger partial charge in [-0.1, -0.05) is 19.8 Å². The topological polar surface area (TPSA) is 54.9 Å². The summed E-state index contributed by atoms with van der Waals surface area (Å²) in [6.07, 6.45) is 8.76. The number of nitrogens with zero attached hydrogens (tertiary/aromatic N) is 1. The molecule has 0 radical (unpaired) electrons. The zero-order chi connectivity index (χ0) is 17.7. The van der Waals surface area contributed by atoms with Gasteiger partial charge in [-0.2, -0.15) is 0 Å². The average Bonchev–Trinajstić information content (AvgIpc) is 2.63. The monoisotopic (exact) mass is 353 g/mol. The molecule has 1 aliphatic heterocycles. The van der Waals surface area contributed by atoms with E-state index in [1.165, 1.54) is 25.7 Å². The van der Waals surface area contributed by atoms with E-state index in [0.29, 0.717) is 5.92 Å². The molecular formula is C20H39N3O2. The van der Waals surface area contributed by atoms with Crippen LogP contribution in [0.4, 0.5) is 0 Å². The summed E-state index contributed by atoms with van der Waals surface area (Å²) in [5.41, 5.74) is 0. The summed E-state index contributed by atoms with van der Waals surface area (Å²) in [5, 5.41) is 6.81. The molecular weight excluding hydrogens is 314 g/mol. The molecule has 0 aromatic rings. The number of hydrogen-bond donors (Lipinski definition) is 2. The van der Waals surface area contributed by atoms with Crippen LogP contribution in [0.5, 0.6) is 0 Å². The zero-order valence-corrected chi connectivity index (χ0v) is 16.4. The average molecular weight is 354 g/mol. The van der Waals surface area contributed by atoms with Crippen LogP contribution in [0, 0.1) is 17.8 Å². The number of ether oxygens (including phenoxy) is 2. The number of guanidine groups is 1. The third kappa shape index (κ3) is 8.91. The Labute approximate surface area is 154 Å². The van der Waals surface area contributed by atoms with Gasteiger partial charge in [0.2, 0.25) is 0 Å². The van der Waals surface area contributed by atoms with E-state index in [2.05, 4.69) is 24.5 Å². The lowest BCUT2D eigenvalue weighted by Gasteiger charge is -2.25. The number of hydrogen-bond acceptors (Lipinski definition) is 3. The molecule has 2 unspecified atom stereocenters. The van der Waals surface area contributed by atoms with Gasteiger partial charge in [-0.15, -0.1) is 0 Å². The molecule has 25 heavy (non-hydrogen) atoms. The third-order valence-electron chi connectivity index (χ3n) is 5.35. The fourth-order valence-corrected chi connectivity index (χ4v) is 3.83. The fraction of sp³-hybridized carbons (Fsp3) is 0.950. The number of aliphatic imine (C=N–C) groups is 1. The summed E-state index contributed by atoms with van der Waals surface area (Å²) in [5.74, 6) is 3.29. The van der Waals surface area contributed by atoms with Crippen molar-refractivity contribution in [1.82, 2.24) is 10.6 Å². The fourth-order valence-electron chi connectivity index (χ4n) is 3.83. The third-order valence-corrected chi connectivity index (χ3v) is 5.35. The highest BCUT2D eigenvalue weighted by Crippen LogP contribution is 2.28. The molecule has 5 heteroatoms. The number of rotatable bonds is 9. The second-order valence-corrected chi connectivity index (χ2v) is 7.77. The van der Waals surface area contributed by atoms with E-state index >= 15 is 0 Å². The van der Waals surface area contributed by atoms with Gasteiger partial charge < -0.3 is 20.1 Å². The van der Waals surface area contributed by atoms with Crippen LogP contribution in [0.1, 0.15) is 58.8 Å². The van der Waals surface area contributed by atoms with Crippen LogP contribution in [0.2, 0.25) is 0 Å². The maximum atomic E-state index is 5.83. The van der Waals surface area contributed by atoms with Gasteiger partial charge in [0.15, 0.2) is 5.96 Å². The first-order chi connectivity index (χ1) is 12.3. The van der Waals surface area contributed by atoms with E-state index < -0.39 is 0 Å². The molecule has 0 aromatic carbocycles. The first-order valence-corrected chi connectivity index (χ1v) is 10.5. The quantitative estimate of drug-likeness (QED) is 0.380. The molecule has 2 rings (SSSR count). The lowest BCUT2D eigenvalue weighted by Crippen LogP contribution is -2.38. The van der Waals surface area contributed by atoms with Crippen molar-refractivity contribution < 1.29 is 9.47 Å². The molecule has 1 aliphatic carbocycles. The van der Waals surface area contributed by atoms with E-state index in [1.54, 1.807) is 0 Å². The summed E-state index contributed by atoms with van der Waals surface area (Å²) in [6.45, 7) is 10.8. The Morgan fingerprint density at radius 3 is 2.72 bits per heavy atom. The summed E-state index contributed by atoms with van der Waals surface area (Å²) in [6, 6.07) is 0. The molecule has 0 bridgehead atoms. The van der Waals surface area contributed by atoms with Crippen LogP contribution in [0.3, 0.4) is 0 Å². The molecule has 2 fully saturated rings. The zero-order valence-electron chi connectivity index (χ0n) is 16.4. The van der Waals surface area contributed by atoms with Crippen LogP contribution in [-0.2, 0) is 9.47 Å². The molecule has 0 spiro atoms. The Morgan fingerprint density at radius 1 is 1.12 bits per heavy atom.